The summed E-state index contributed by atoms with van der Waals surface area (Å²) in [7, 11) is 0. The Kier molecular flexibility index (Phi) is 7.85. The molecule has 0 saturated heterocycles. The van der Waals surface area contributed by atoms with Gasteiger partial charge in [0.25, 0.3) is 0 Å². The maximum atomic E-state index is 2.44. The maximum Gasteiger partial charge on any atom is 0.0625 e. The van der Waals surface area contributed by atoms with Gasteiger partial charge in [0.05, 0.1) is 11.0 Å². The summed E-state index contributed by atoms with van der Waals surface area (Å²) in [6, 6.07) is 78.8. The van der Waals surface area contributed by atoms with Gasteiger partial charge >= 0.3 is 0 Å². The Labute approximate surface area is 315 Å². The molecule has 0 fully saturated rings. The number of aromatic nitrogens is 1. The highest BCUT2D eigenvalue weighted by atomic mass is 15.1. The van der Waals surface area contributed by atoms with Gasteiger partial charge in [0.2, 0.25) is 0 Å². The SMILES string of the molecule is c1ccc(-c2ccc(N(c3ccc(-c4ccccc4)cc3)c3ccc(-c4c5ccccc5cc5c6ccccc6n(-c6ccccc6)c45)cc3)cc2)cc1. The molecule has 0 aliphatic carbocycles. The van der Waals surface area contributed by atoms with Crippen LogP contribution in [0.2, 0.25) is 0 Å². The second-order valence-electron chi connectivity index (χ2n) is 13.8. The van der Waals surface area contributed by atoms with Crippen LogP contribution >= 0.6 is 0 Å². The monoisotopic (exact) mass is 688 g/mol. The van der Waals surface area contributed by atoms with Gasteiger partial charge < -0.3 is 9.47 Å². The summed E-state index contributed by atoms with van der Waals surface area (Å²) >= 11 is 0. The predicted octanol–water partition coefficient (Wildman–Crippen LogP) is 14.4. The van der Waals surface area contributed by atoms with E-state index >= 15 is 0 Å². The lowest BCUT2D eigenvalue weighted by atomic mass is 9.94. The van der Waals surface area contributed by atoms with E-state index in [0.717, 1.165) is 22.7 Å². The molecule has 0 saturated carbocycles. The first kappa shape index (κ1) is 31.6. The molecule has 10 aromatic rings. The van der Waals surface area contributed by atoms with E-state index in [1.165, 1.54) is 66.0 Å². The van der Waals surface area contributed by atoms with E-state index in [2.05, 4.69) is 228 Å². The Balaban J connectivity index is 1.14. The van der Waals surface area contributed by atoms with Crippen LogP contribution in [0.1, 0.15) is 0 Å². The van der Waals surface area contributed by atoms with Gasteiger partial charge in [-0.25, -0.2) is 0 Å². The lowest BCUT2D eigenvalue weighted by molar-refractivity contribution is 1.18. The summed E-state index contributed by atoms with van der Waals surface area (Å²) in [6.45, 7) is 0. The number of hydrogen-bond donors (Lipinski definition) is 0. The minimum absolute atomic E-state index is 1.10. The van der Waals surface area contributed by atoms with Crippen LogP contribution in [-0.2, 0) is 0 Å². The Morgan fingerprint density at radius 2 is 0.741 bits per heavy atom. The van der Waals surface area contributed by atoms with Gasteiger partial charge in [-0.05, 0) is 99.3 Å². The highest BCUT2D eigenvalue weighted by molar-refractivity contribution is 6.21. The number of rotatable bonds is 7. The first-order valence-electron chi connectivity index (χ1n) is 18.5. The molecule has 254 valence electrons. The van der Waals surface area contributed by atoms with Gasteiger partial charge in [-0.15, -0.1) is 0 Å². The lowest BCUT2D eigenvalue weighted by Gasteiger charge is -2.26. The molecule has 0 amide bonds. The molecule has 0 atom stereocenters. The molecule has 9 aromatic carbocycles. The van der Waals surface area contributed by atoms with Crippen LogP contribution < -0.4 is 4.90 Å². The number of hydrogen-bond acceptors (Lipinski definition) is 1. The fourth-order valence-electron chi connectivity index (χ4n) is 8.02. The van der Waals surface area contributed by atoms with Crippen molar-refractivity contribution in [2.24, 2.45) is 0 Å². The van der Waals surface area contributed by atoms with Crippen molar-refractivity contribution in [3.05, 3.63) is 218 Å². The highest BCUT2D eigenvalue weighted by Gasteiger charge is 2.20. The summed E-state index contributed by atoms with van der Waals surface area (Å²) < 4.78 is 2.44. The largest absolute Gasteiger partial charge is 0.311 e. The molecule has 0 N–H and O–H groups in total. The van der Waals surface area contributed by atoms with Crippen molar-refractivity contribution < 1.29 is 0 Å². The van der Waals surface area contributed by atoms with Crippen molar-refractivity contribution in [3.8, 4) is 39.1 Å². The summed E-state index contributed by atoms with van der Waals surface area (Å²) in [5.41, 5.74) is 14.1. The van der Waals surface area contributed by atoms with Crippen molar-refractivity contribution in [2.75, 3.05) is 4.90 Å². The molecule has 1 aromatic heterocycles. The van der Waals surface area contributed by atoms with Gasteiger partial charge in [-0.3, -0.25) is 0 Å². The van der Waals surface area contributed by atoms with Gasteiger partial charge in [0.15, 0.2) is 0 Å². The maximum absolute atomic E-state index is 2.44. The normalized spacial score (nSPS) is 11.3. The third kappa shape index (κ3) is 5.53. The van der Waals surface area contributed by atoms with Crippen LogP contribution in [0.25, 0.3) is 71.6 Å². The second-order valence-corrected chi connectivity index (χ2v) is 13.8. The molecule has 2 nitrogen and oxygen atoms in total. The quantitative estimate of drug-likeness (QED) is 0.162. The van der Waals surface area contributed by atoms with E-state index < -0.39 is 0 Å². The van der Waals surface area contributed by atoms with E-state index in [1.54, 1.807) is 0 Å². The van der Waals surface area contributed by atoms with Crippen molar-refractivity contribution in [1.82, 2.24) is 4.57 Å². The Morgan fingerprint density at radius 1 is 0.315 bits per heavy atom. The number of fused-ring (bicyclic) bond motifs is 4. The van der Waals surface area contributed by atoms with Gasteiger partial charge in [-0.2, -0.15) is 0 Å². The van der Waals surface area contributed by atoms with Crippen LogP contribution in [0.3, 0.4) is 0 Å². The summed E-state index contributed by atoms with van der Waals surface area (Å²) in [6.07, 6.45) is 0. The van der Waals surface area contributed by atoms with Gasteiger partial charge in [-0.1, -0.05) is 158 Å². The number of benzene rings is 9. The van der Waals surface area contributed by atoms with Crippen molar-refractivity contribution in [2.45, 2.75) is 0 Å². The fourth-order valence-corrected chi connectivity index (χ4v) is 8.02. The molecule has 0 bridgehead atoms. The zero-order valence-electron chi connectivity index (χ0n) is 29.7. The molecule has 0 radical (unpaired) electrons. The topological polar surface area (TPSA) is 8.17 Å². The number of anilines is 3. The number of para-hydroxylation sites is 2. The predicted molar refractivity (Wildman–Crippen MR) is 229 cm³/mol. The molecule has 0 aliphatic rings. The minimum atomic E-state index is 1.10. The highest BCUT2D eigenvalue weighted by Crippen LogP contribution is 2.44. The summed E-state index contributed by atoms with van der Waals surface area (Å²) in [5, 5.41) is 4.98. The summed E-state index contributed by atoms with van der Waals surface area (Å²) in [4.78, 5) is 2.35. The number of nitrogens with zero attached hydrogens (tertiary/aromatic N) is 2. The average molecular weight is 689 g/mol. The standard InChI is InChI=1S/C52H36N2/c1-4-14-37(15-5-1)39-24-30-44(31-25-39)53(45-32-26-40(27-33-45)38-16-6-2-7-17-38)46-34-28-41(29-35-46)51-47-21-11-10-18-42(47)36-49-48-22-12-13-23-50(48)54(52(49)51)43-19-8-3-9-20-43/h1-36H. The summed E-state index contributed by atoms with van der Waals surface area (Å²) in [5.74, 6) is 0. The van der Waals surface area contributed by atoms with Crippen LogP contribution in [0.5, 0.6) is 0 Å². The average Bonchev–Trinajstić information content (AvgIpc) is 3.58. The Morgan fingerprint density at radius 3 is 1.30 bits per heavy atom. The Bertz CT molecular complexity index is 2790. The van der Waals surface area contributed by atoms with E-state index in [1.807, 2.05) is 0 Å². The fraction of sp³-hybridized carbons (Fsp3) is 0. The lowest BCUT2D eigenvalue weighted by Crippen LogP contribution is -2.09. The van der Waals surface area contributed by atoms with Crippen molar-refractivity contribution >= 4 is 49.6 Å². The molecule has 2 heteroatoms. The molecular weight excluding hydrogens is 653 g/mol. The van der Waals surface area contributed by atoms with E-state index in [4.69, 9.17) is 0 Å². The molecule has 54 heavy (non-hydrogen) atoms. The van der Waals surface area contributed by atoms with Crippen LogP contribution in [0, 0.1) is 0 Å². The third-order valence-corrected chi connectivity index (χ3v) is 10.6. The van der Waals surface area contributed by atoms with Crippen molar-refractivity contribution in [3.63, 3.8) is 0 Å². The molecule has 1 heterocycles. The van der Waals surface area contributed by atoms with Crippen LogP contribution in [0.15, 0.2) is 218 Å². The molecule has 0 spiro atoms. The van der Waals surface area contributed by atoms with Crippen molar-refractivity contribution in [1.29, 1.82) is 0 Å². The molecule has 0 aliphatic heterocycles. The van der Waals surface area contributed by atoms with Gasteiger partial charge in [0.1, 0.15) is 0 Å². The van der Waals surface area contributed by atoms with Gasteiger partial charge in [0, 0.05) is 39.1 Å². The van der Waals surface area contributed by atoms with E-state index in [0.29, 0.717) is 0 Å². The van der Waals surface area contributed by atoms with Crippen LogP contribution in [-0.4, -0.2) is 4.57 Å². The second kappa shape index (κ2) is 13.4. The molecule has 10 rings (SSSR count). The Hall–Kier alpha value is -7.16. The van der Waals surface area contributed by atoms with E-state index in [-0.39, 0.29) is 0 Å². The zero-order chi connectivity index (χ0) is 35.8. The zero-order valence-corrected chi connectivity index (χ0v) is 29.7. The van der Waals surface area contributed by atoms with Crippen LogP contribution in [0.4, 0.5) is 17.1 Å². The van der Waals surface area contributed by atoms with E-state index in [9.17, 15) is 0 Å². The minimum Gasteiger partial charge on any atom is -0.311 e. The molecular formula is C52H36N2. The smallest absolute Gasteiger partial charge is 0.0625 e. The first-order valence-corrected chi connectivity index (χ1v) is 18.5. The molecule has 0 unspecified atom stereocenters. The first-order chi connectivity index (χ1) is 26.8. The third-order valence-electron chi connectivity index (χ3n) is 10.6.